The molecule has 24 heavy (non-hydrogen) atoms. The van der Waals surface area contributed by atoms with Gasteiger partial charge in [0.1, 0.15) is 4.83 Å². The maximum atomic E-state index is 12.8. The van der Waals surface area contributed by atoms with Crippen molar-refractivity contribution in [2.45, 2.75) is 18.6 Å². The topological polar surface area (TPSA) is 64.7 Å². The van der Waals surface area contributed by atoms with E-state index in [2.05, 4.69) is 10.00 Å². The van der Waals surface area contributed by atoms with Gasteiger partial charge in [-0.15, -0.1) is 16.4 Å². The van der Waals surface area contributed by atoms with Crippen molar-refractivity contribution in [3.63, 3.8) is 0 Å². The van der Waals surface area contributed by atoms with Gasteiger partial charge in [0.25, 0.3) is 5.56 Å². The van der Waals surface area contributed by atoms with Gasteiger partial charge in [0.05, 0.1) is 25.1 Å². The van der Waals surface area contributed by atoms with Crippen LogP contribution in [0, 0.1) is 6.92 Å². The number of hydrogen-bond donors (Lipinski definition) is 0. The Morgan fingerprint density at radius 1 is 1.33 bits per heavy atom. The van der Waals surface area contributed by atoms with Gasteiger partial charge in [0.15, 0.2) is 5.16 Å². The van der Waals surface area contributed by atoms with Crippen molar-refractivity contribution in [3.05, 3.63) is 21.3 Å². The van der Waals surface area contributed by atoms with Crippen LogP contribution in [0.1, 0.15) is 4.88 Å². The summed E-state index contributed by atoms with van der Waals surface area (Å²) in [5, 5.41) is 5.97. The van der Waals surface area contributed by atoms with E-state index < -0.39 is 0 Å². The second-order valence-corrected chi connectivity index (χ2v) is 7.80. The lowest BCUT2D eigenvalue weighted by atomic mass is 10.4. The average Bonchev–Trinajstić information content (AvgIpc) is 3.14. The molecular formula is C15H19N5O2S2. The van der Waals surface area contributed by atoms with Crippen molar-refractivity contribution < 1.29 is 4.74 Å². The fraction of sp³-hybridized carbons (Fsp3) is 0.533. The summed E-state index contributed by atoms with van der Waals surface area (Å²) in [5.74, 6) is 0.631. The molecule has 128 valence electrons. The largest absolute Gasteiger partial charge is 0.379 e. The Morgan fingerprint density at radius 3 is 2.88 bits per heavy atom. The van der Waals surface area contributed by atoms with E-state index >= 15 is 0 Å². The maximum Gasteiger partial charge on any atom is 0.270 e. The van der Waals surface area contributed by atoms with Gasteiger partial charge in [-0.3, -0.25) is 9.69 Å². The highest BCUT2D eigenvalue weighted by molar-refractivity contribution is 7.98. The van der Waals surface area contributed by atoms with Gasteiger partial charge in [0.2, 0.25) is 5.78 Å². The SMILES string of the molecule is CSc1nn(CCN2CCOCC2)c2nc3sc(C)cc3c(=O)n12. The lowest BCUT2D eigenvalue weighted by Crippen LogP contribution is -2.38. The molecule has 3 aromatic heterocycles. The molecule has 1 aliphatic heterocycles. The number of ether oxygens (including phenoxy) is 1. The molecular weight excluding hydrogens is 346 g/mol. The lowest BCUT2D eigenvalue weighted by molar-refractivity contribution is 0.0360. The fourth-order valence-corrected chi connectivity index (χ4v) is 4.36. The van der Waals surface area contributed by atoms with Crippen molar-refractivity contribution in [2.75, 3.05) is 39.1 Å². The predicted octanol–water partition coefficient (Wildman–Crippen LogP) is 1.47. The maximum absolute atomic E-state index is 12.8. The minimum atomic E-state index is -0.0266. The molecule has 0 bridgehead atoms. The number of nitrogens with zero attached hydrogens (tertiary/aromatic N) is 5. The van der Waals surface area contributed by atoms with Crippen LogP contribution in [-0.4, -0.2) is 63.2 Å². The minimum Gasteiger partial charge on any atom is -0.379 e. The molecule has 0 atom stereocenters. The molecule has 1 saturated heterocycles. The Kier molecular flexibility index (Phi) is 4.33. The van der Waals surface area contributed by atoms with Crippen molar-refractivity contribution >= 4 is 39.1 Å². The summed E-state index contributed by atoms with van der Waals surface area (Å²) >= 11 is 3.02. The van der Waals surface area contributed by atoms with Crippen LogP contribution in [0.2, 0.25) is 0 Å². The van der Waals surface area contributed by atoms with Crippen LogP contribution in [0.15, 0.2) is 16.0 Å². The van der Waals surface area contributed by atoms with Crippen LogP contribution in [0.25, 0.3) is 16.0 Å². The van der Waals surface area contributed by atoms with Gasteiger partial charge in [-0.05, 0) is 19.2 Å². The Hall–Kier alpha value is -1.42. The monoisotopic (exact) mass is 365 g/mol. The van der Waals surface area contributed by atoms with E-state index in [1.807, 2.05) is 23.9 Å². The summed E-state index contributed by atoms with van der Waals surface area (Å²) in [6.07, 6.45) is 1.93. The number of thiophene rings is 1. The summed E-state index contributed by atoms with van der Waals surface area (Å²) in [4.78, 5) is 21.8. The zero-order valence-corrected chi connectivity index (χ0v) is 15.3. The van der Waals surface area contributed by atoms with Crippen molar-refractivity contribution in [2.24, 2.45) is 0 Å². The molecule has 0 aromatic carbocycles. The molecule has 1 aliphatic rings. The number of rotatable bonds is 4. The first kappa shape index (κ1) is 16.1. The zero-order chi connectivity index (χ0) is 16.7. The van der Waals surface area contributed by atoms with Crippen molar-refractivity contribution in [3.8, 4) is 0 Å². The van der Waals surface area contributed by atoms with Crippen LogP contribution < -0.4 is 5.56 Å². The van der Waals surface area contributed by atoms with Crippen LogP contribution in [0.5, 0.6) is 0 Å². The number of aromatic nitrogens is 4. The fourth-order valence-electron chi connectivity index (χ4n) is 2.97. The predicted molar refractivity (Wildman–Crippen MR) is 96.4 cm³/mol. The van der Waals surface area contributed by atoms with Gasteiger partial charge in [-0.25, -0.2) is 14.1 Å². The average molecular weight is 365 g/mol. The molecule has 0 saturated carbocycles. The van der Waals surface area contributed by atoms with Crippen LogP contribution in [0.4, 0.5) is 0 Å². The third-order valence-corrected chi connectivity index (χ3v) is 5.79. The minimum absolute atomic E-state index is 0.0266. The van der Waals surface area contributed by atoms with E-state index in [-0.39, 0.29) is 5.56 Å². The number of aryl methyl sites for hydroxylation is 1. The highest BCUT2D eigenvalue weighted by atomic mass is 32.2. The number of hydrogen-bond acceptors (Lipinski definition) is 7. The Balaban J connectivity index is 1.76. The first-order valence-corrected chi connectivity index (χ1v) is 9.95. The van der Waals surface area contributed by atoms with Gasteiger partial charge in [-0.2, -0.15) is 0 Å². The van der Waals surface area contributed by atoms with E-state index in [0.29, 0.717) is 22.9 Å². The molecule has 0 aliphatic carbocycles. The van der Waals surface area contributed by atoms with Crippen LogP contribution >= 0.6 is 23.1 Å². The smallest absolute Gasteiger partial charge is 0.270 e. The first-order chi connectivity index (χ1) is 11.7. The van der Waals surface area contributed by atoms with E-state index in [0.717, 1.165) is 42.6 Å². The molecule has 4 rings (SSSR count). The summed E-state index contributed by atoms with van der Waals surface area (Å²) < 4.78 is 8.88. The Morgan fingerprint density at radius 2 is 2.12 bits per heavy atom. The zero-order valence-electron chi connectivity index (χ0n) is 13.7. The molecule has 4 heterocycles. The normalized spacial score (nSPS) is 16.4. The second-order valence-electron chi connectivity index (χ2n) is 5.79. The van der Waals surface area contributed by atoms with Gasteiger partial charge >= 0.3 is 0 Å². The molecule has 0 spiro atoms. The first-order valence-electron chi connectivity index (χ1n) is 7.91. The molecule has 7 nitrogen and oxygen atoms in total. The lowest BCUT2D eigenvalue weighted by Gasteiger charge is -2.26. The summed E-state index contributed by atoms with van der Waals surface area (Å²) in [5.41, 5.74) is -0.0266. The van der Waals surface area contributed by atoms with Crippen LogP contribution in [0.3, 0.4) is 0 Å². The molecule has 1 fully saturated rings. The molecule has 0 radical (unpaired) electrons. The molecule has 3 aromatic rings. The summed E-state index contributed by atoms with van der Waals surface area (Å²) in [7, 11) is 0. The third kappa shape index (κ3) is 2.75. The summed E-state index contributed by atoms with van der Waals surface area (Å²) in [6, 6.07) is 1.91. The van der Waals surface area contributed by atoms with Gasteiger partial charge in [0, 0.05) is 24.5 Å². The standard InChI is InChI=1S/C15H19N5O2S2/c1-10-9-11-12(24-10)16-14-19(4-3-18-5-7-22-8-6-18)17-15(23-2)20(14)13(11)21/h9H,3-8H2,1-2H3. The van der Waals surface area contributed by atoms with Crippen LogP contribution in [-0.2, 0) is 11.3 Å². The van der Waals surface area contributed by atoms with E-state index in [1.54, 1.807) is 15.7 Å². The number of thioether (sulfide) groups is 1. The van der Waals surface area contributed by atoms with E-state index in [4.69, 9.17) is 9.72 Å². The van der Waals surface area contributed by atoms with Crippen molar-refractivity contribution in [1.29, 1.82) is 0 Å². The van der Waals surface area contributed by atoms with Gasteiger partial charge < -0.3 is 4.74 Å². The molecule has 0 N–H and O–H groups in total. The second kappa shape index (κ2) is 6.47. The molecule has 0 unspecified atom stereocenters. The molecule has 9 heteroatoms. The number of fused-ring (bicyclic) bond motifs is 2. The van der Waals surface area contributed by atoms with E-state index in [9.17, 15) is 4.79 Å². The Labute approximate surface area is 147 Å². The molecule has 0 amide bonds. The third-order valence-electron chi connectivity index (χ3n) is 4.21. The summed E-state index contributed by atoms with van der Waals surface area (Å²) in [6.45, 7) is 7.04. The Bertz CT molecular complexity index is 939. The van der Waals surface area contributed by atoms with Gasteiger partial charge in [-0.1, -0.05) is 11.8 Å². The number of morpholine rings is 1. The highest BCUT2D eigenvalue weighted by Gasteiger charge is 2.18. The van der Waals surface area contributed by atoms with Crippen molar-refractivity contribution in [1.82, 2.24) is 24.1 Å². The highest BCUT2D eigenvalue weighted by Crippen LogP contribution is 2.22. The quantitative estimate of drug-likeness (QED) is 0.653. The van der Waals surface area contributed by atoms with E-state index in [1.165, 1.54) is 11.8 Å².